The molecule has 1 aliphatic carbocycles. The summed E-state index contributed by atoms with van der Waals surface area (Å²) >= 11 is 0. The Kier molecular flexibility index (Phi) is 7.37. The summed E-state index contributed by atoms with van der Waals surface area (Å²) in [5.41, 5.74) is 0. The molecular formula is C18H36N2. The Morgan fingerprint density at radius 1 is 0.950 bits per heavy atom. The number of unbranched alkanes of at least 4 members (excludes halogenated alkanes) is 7. The number of hydrogen-bond donors (Lipinski definition) is 1. The highest BCUT2D eigenvalue weighted by atomic mass is 15.2. The normalized spacial score (nSPS) is 27.9. The minimum absolute atomic E-state index is 0.694. The zero-order valence-electron chi connectivity index (χ0n) is 13.9. The molecule has 1 aliphatic heterocycles. The number of nitrogens with zero attached hydrogens (tertiary/aromatic N) is 1. The molecule has 2 nitrogen and oxygen atoms in total. The Hall–Kier alpha value is -0.0800. The van der Waals surface area contributed by atoms with Gasteiger partial charge in [0.2, 0.25) is 0 Å². The molecule has 2 rings (SSSR count). The molecule has 2 fully saturated rings. The van der Waals surface area contributed by atoms with Gasteiger partial charge in [-0.25, -0.2) is 0 Å². The van der Waals surface area contributed by atoms with Crippen LogP contribution >= 0.6 is 0 Å². The first-order valence-corrected chi connectivity index (χ1v) is 9.28. The van der Waals surface area contributed by atoms with E-state index >= 15 is 0 Å². The number of hydrogen-bond acceptors (Lipinski definition) is 2. The lowest BCUT2D eigenvalue weighted by molar-refractivity contribution is 0.117. The molecule has 0 bridgehead atoms. The van der Waals surface area contributed by atoms with Gasteiger partial charge in [0.25, 0.3) is 0 Å². The lowest BCUT2D eigenvalue weighted by Gasteiger charge is -2.39. The van der Waals surface area contributed by atoms with Gasteiger partial charge in [-0.15, -0.1) is 0 Å². The first-order valence-electron chi connectivity index (χ1n) is 9.28. The largest absolute Gasteiger partial charge is 0.311 e. The monoisotopic (exact) mass is 280 g/mol. The molecule has 2 unspecified atom stereocenters. The fourth-order valence-electron chi connectivity index (χ4n) is 3.65. The van der Waals surface area contributed by atoms with Crippen LogP contribution in [0.5, 0.6) is 0 Å². The standard InChI is InChI=1S/C18H36N2/c1-3-4-5-6-7-8-9-10-13-20-15-16(2)19-14-18(20)17-11-12-17/h16-19H,3-15H2,1-2H3. The van der Waals surface area contributed by atoms with E-state index in [0.29, 0.717) is 6.04 Å². The van der Waals surface area contributed by atoms with Crippen LogP contribution in [0.2, 0.25) is 0 Å². The summed E-state index contributed by atoms with van der Waals surface area (Å²) in [6.07, 6.45) is 14.5. The van der Waals surface area contributed by atoms with Gasteiger partial charge < -0.3 is 5.32 Å². The highest BCUT2D eigenvalue weighted by Crippen LogP contribution is 2.36. The second-order valence-electron chi connectivity index (χ2n) is 7.18. The SMILES string of the molecule is CCCCCCCCCCN1CC(C)NCC1C1CC1. The van der Waals surface area contributed by atoms with Crippen molar-refractivity contribution in [2.24, 2.45) is 5.92 Å². The third-order valence-electron chi connectivity index (χ3n) is 5.12. The van der Waals surface area contributed by atoms with Crippen LogP contribution in [0, 0.1) is 5.92 Å². The third kappa shape index (κ3) is 5.73. The van der Waals surface area contributed by atoms with Crippen molar-refractivity contribution in [1.29, 1.82) is 0 Å². The summed E-state index contributed by atoms with van der Waals surface area (Å²) in [5, 5.41) is 3.67. The zero-order chi connectivity index (χ0) is 14.2. The van der Waals surface area contributed by atoms with Crippen molar-refractivity contribution < 1.29 is 0 Å². The van der Waals surface area contributed by atoms with Crippen molar-refractivity contribution in [2.45, 2.75) is 90.1 Å². The molecule has 0 aromatic rings. The molecule has 1 N–H and O–H groups in total. The second kappa shape index (κ2) is 9.04. The molecule has 20 heavy (non-hydrogen) atoms. The van der Waals surface area contributed by atoms with E-state index in [2.05, 4.69) is 24.1 Å². The average molecular weight is 281 g/mol. The van der Waals surface area contributed by atoms with E-state index in [1.165, 1.54) is 83.8 Å². The van der Waals surface area contributed by atoms with Gasteiger partial charge in [0.15, 0.2) is 0 Å². The molecule has 1 heterocycles. The first-order chi connectivity index (χ1) is 9.81. The molecule has 0 spiro atoms. The van der Waals surface area contributed by atoms with Crippen molar-refractivity contribution >= 4 is 0 Å². The zero-order valence-corrected chi connectivity index (χ0v) is 13.9. The smallest absolute Gasteiger partial charge is 0.0249 e. The Morgan fingerprint density at radius 3 is 2.25 bits per heavy atom. The van der Waals surface area contributed by atoms with E-state index in [-0.39, 0.29) is 0 Å². The molecule has 118 valence electrons. The molecular weight excluding hydrogens is 244 g/mol. The topological polar surface area (TPSA) is 15.3 Å². The summed E-state index contributed by atoms with van der Waals surface area (Å²) in [6.45, 7) is 8.50. The Bertz CT molecular complexity index is 250. The van der Waals surface area contributed by atoms with Crippen molar-refractivity contribution in [3.63, 3.8) is 0 Å². The summed E-state index contributed by atoms with van der Waals surface area (Å²) in [4.78, 5) is 2.80. The van der Waals surface area contributed by atoms with E-state index in [1.807, 2.05) is 0 Å². The van der Waals surface area contributed by atoms with E-state index in [1.54, 1.807) is 0 Å². The summed E-state index contributed by atoms with van der Waals surface area (Å²) < 4.78 is 0. The van der Waals surface area contributed by atoms with Gasteiger partial charge in [-0.1, -0.05) is 51.9 Å². The fraction of sp³-hybridized carbons (Fsp3) is 1.00. The molecule has 2 atom stereocenters. The maximum Gasteiger partial charge on any atom is 0.0249 e. The molecule has 0 aromatic carbocycles. The van der Waals surface area contributed by atoms with Crippen molar-refractivity contribution in [3.8, 4) is 0 Å². The first kappa shape index (κ1) is 16.3. The van der Waals surface area contributed by atoms with Gasteiger partial charge in [-0.05, 0) is 38.6 Å². The molecule has 1 saturated carbocycles. The van der Waals surface area contributed by atoms with Gasteiger partial charge in [-0.3, -0.25) is 4.90 Å². The highest BCUT2D eigenvalue weighted by molar-refractivity contribution is 4.94. The lowest BCUT2D eigenvalue weighted by atomic mass is 10.0. The van der Waals surface area contributed by atoms with Crippen LogP contribution in [0.4, 0.5) is 0 Å². The van der Waals surface area contributed by atoms with E-state index < -0.39 is 0 Å². The average Bonchev–Trinajstić information content (AvgIpc) is 3.26. The maximum absolute atomic E-state index is 3.67. The van der Waals surface area contributed by atoms with Gasteiger partial charge in [0, 0.05) is 25.2 Å². The van der Waals surface area contributed by atoms with Crippen LogP contribution < -0.4 is 5.32 Å². The van der Waals surface area contributed by atoms with Gasteiger partial charge in [-0.2, -0.15) is 0 Å². The van der Waals surface area contributed by atoms with Crippen LogP contribution in [0.25, 0.3) is 0 Å². The third-order valence-corrected chi connectivity index (χ3v) is 5.12. The minimum atomic E-state index is 0.694. The predicted octanol–water partition coefficient (Wildman–Crippen LogP) is 4.20. The van der Waals surface area contributed by atoms with Crippen LogP contribution in [0.1, 0.15) is 78.1 Å². The number of piperazine rings is 1. The van der Waals surface area contributed by atoms with Gasteiger partial charge in [0.1, 0.15) is 0 Å². The quantitative estimate of drug-likeness (QED) is 0.603. The Balaban J connectivity index is 1.52. The van der Waals surface area contributed by atoms with Crippen LogP contribution in [-0.2, 0) is 0 Å². The summed E-state index contributed by atoms with van der Waals surface area (Å²) in [7, 11) is 0. The summed E-state index contributed by atoms with van der Waals surface area (Å²) in [5.74, 6) is 1.02. The van der Waals surface area contributed by atoms with E-state index in [4.69, 9.17) is 0 Å². The molecule has 2 heteroatoms. The maximum atomic E-state index is 3.67. The molecule has 0 aromatic heterocycles. The molecule has 0 amide bonds. The van der Waals surface area contributed by atoms with Crippen LogP contribution in [-0.4, -0.2) is 36.6 Å². The van der Waals surface area contributed by atoms with E-state index in [0.717, 1.165) is 12.0 Å². The number of rotatable bonds is 10. The van der Waals surface area contributed by atoms with Crippen LogP contribution in [0.15, 0.2) is 0 Å². The Morgan fingerprint density at radius 2 is 1.60 bits per heavy atom. The molecule has 0 radical (unpaired) electrons. The highest BCUT2D eigenvalue weighted by Gasteiger charge is 2.37. The number of nitrogens with one attached hydrogen (secondary N) is 1. The van der Waals surface area contributed by atoms with Gasteiger partial charge in [0.05, 0.1) is 0 Å². The molecule has 1 saturated heterocycles. The van der Waals surface area contributed by atoms with Crippen molar-refractivity contribution in [1.82, 2.24) is 10.2 Å². The summed E-state index contributed by atoms with van der Waals surface area (Å²) in [6, 6.07) is 1.55. The van der Waals surface area contributed by atoms with Crippen molar-refractivity contribution in [2.75, 3.05) is 19.6 Å². The lowest BCUT2D eigenvalue weighted by Crippen LogP contribution is -2.56. The Labute approximate surface area is 126 Å². The molecule has 2 aliphatic rings. The second-order valence-corrected chi connectivity index (χ2v) is 7.18. The van der Waals surface area contributed by atoms with Crippen LogP contribution in [0.3, 0.4) is 0 Å². The predicted molar refractivity (Wildman–Crippen MR) is 88.2 cm³/mol. The van der Waals surface area contributed by atoms with Gasteiger partial charge >= 0.3 is 0 Å². The fourth-order valence-corrected chi connectivity index (χ4v) is 3.65. The van der Waals surface area contributed by atoms with E-state index in [9.17, 15) is 0 Å². The van der Waals surface area contributed by atoms with Crippen molar-refractivity contribution in [3.05, 3.63) is 0 Å². The minimum Gasteiger partial charge on any atom is -0.311 e.